The normalized spacial score (nSPS) is 17.9. The third kappa shape index (κ3) is 4.00. The molecule has 0 aliphatic carbocycles. The SMILES string of the molecule is O=C1CC(CNS(=O)(=O)c2ccccc2Cl)CN1c1ccc(F)cc1. The number of hydrogen-bond donors (Lipinski definition) is 1. The van der Waals surface area contributed by atoms with Crippen molar-refractivity contribution in [1.29, 1.82) is 0 Å². The molecule has 0 bridgehead atoms. The van der Waals surface area contributed by atoms with Crippen LogP contribution in [0.3, 0.4) is 0 Å². The molecule has 0 radical (unpaired) electrons. The summed E-state index contributed by atoms with van der Waals surface area (Å²) >= 11 is 5.93. The van der Waals surface area contributed by atoms with Gasteiger partial charge in [0.2, 0.25) is 15.9 Å². The molecule has 1 atom stereocenters. The molecule has 132 valence electrons. The molecule has 1 unspecified atom stereocenters. The van der Waals surface area contributed by atoms with Gasteiger partial charge in [0, 0.05) is 25.2 Å². The van der Waals surface area contributed by atoms with Crippen LogP contribution in [0.2, 0.25) is 5.02 Å². The summed E-state index contributed by atoms with van der Waals surface area (Å²) in [4.78, 5) is 13.7. The van der Waals surface area contributed by atoms with Crippen molar-refractivity contribution in [2.24, 2.45) is 5.92 Å². The number of halogens is 2. The molecule has 1 fully saturated rings. The number of carbonyl (C=O) groups excluding carboxylic acids is 1. The molecule has 0 saturated carbocycles. The lowest BCUT2D eigenvalue weighted by molar-refractivity contribution is -0.117. The highest BCUT2D eigenvalue weighted by Gasteiger charge is 2.31. The van der Waals surface area contributed by atoms with Gasteiger partial charge in [-0.25, -0.2) is 17.5 Å². The highest BCUT2D eigenvalue weighted by atomic mass is 35.5. The van der Waals surface area contributed by atoms with Crippen LogP contribution in [-0.4, -0.2) is 27.4 Å². The van der Waals surface area contributed by atoms with E-state index in [2.05, 4.69) is 4.72 Å². The molecule has 1 heterocycles. The lowest BCUT2D eigenvalue weighted by Gasteiger charge is -2.17. The Balaban J connectivity index is 1.66. The summed E-state index contributed by atoms with van der Waals surface area (Å²) in [7, 11) is -3.74. The second kappa shape index (κ2) is 7.11. The first-order chi connectivity index (χ1) is 11.9. The average molecular weight is 383 g/mol. The molecular weight excluding hydrogens is 367 g/mol. The number of nitrogens with one attached hydrogen (secondary N) is 1. The lowest BCUT2D eigenvalue weighted by Crippen LogP contribution is -2.31. The van der Waals surface area contributed by atoms with Gasteiger partial charge in [-0.05, 0) is 42.3 Å². The van der Waals surface area contributed by atoms with Gasteiger partial charge in [-0.2, -0.15) is 0 Å². The summed E-state index contributed by atoms with van der Waals surface area (Å²) in [5.74, 6) is -0.664. The van der Waals surface area contributed by atoms with Crippen molar-refractivity contribution in [3.05, 3.63) is 59.4 Å². The van der Waals surface area contributed by atoms with Gasteiger partial charge in [0.25, 0.3) is 0 Å². The van der Waals surface area contributed by atoms with Gasteiger partial charge in [-0.15, -0.1) is 0 Å². The standard InChI is InChI=1S/C17H16ClFN2O3S/c18-15-3-1-2-4-16(15)25(23,24)20-10-12-9-17(22)21(11-12)14-7-5-13(19)6-8-14/h1-8,12,20H,9-11H2. The molecule has 1 aliphatic rings. The van der Waals surface area contributed by atoms with E-state index in [0.29, 0.717) is 12.2 Å². The van der Waals surface area contributed by atoms with E-state index in [1.807, 2.05) is 0 Å². The van der Waals surface area contributed by atoms with Crippen LogP contribution in [-0.2, 0) is 14.8 Å². The Hall–Kier alpha value is -1.96. The van der Waals surface area contributed by atoms with Crippen molar-refractivity contribution in [3.63, 3.8) is 0 Å². The van der Waals surface area contributed by atoms with Gasteiger partial charge in [0.05, 0.1) is 5.02 Å². The van der Waals surface area contributed by atoms with E-state index in [4.69, 9.17) is 11.6 Å². The molecule has 2 aromatic rings. The Kier molecular flexibility index (Phi) is 5.08. The molecule has 25 heavy (non-hydrogen) atoms. The lowest BCUT2D eigenvalue weighted by atomic mass is 10.1. The molecule has 1 aliphatic heterocycles. The van der Waals surface area contributed by atoms with E-state index < -0.39 is 10.0 Å². The van der Waals surface area contributed by atoms with Crippen LogP contribution in [0.4, 0.5) is 10.1 Å². The predicted octanol–water partition coefficient (Wildman–Crippen LogP) is 2.81. The van der Waals surface area contributed by atoms with E-state index in [0.717, 1.165) is 0 Å². The predicted molar refractivity (Wildman–Crippen MR) is 93.5 cm³/mol. The Morgan fingerprint density at radius 3 is 2.52 bits per heavy atom. The van der Waals surface area contributed by atoms with E-state index >= 15 is 0 Å². The molecule has 1 saturated heterocycles. The maximum atomic E-state index is 13.0. The Bertz CT molecular complexity index is 887. The summed E-state index contributed by atoms with van der Waals surface area (Å²) in [5.41, 5.74) is 0.600. The fourth-order valence-corrected chi connectivity index (χ4v) is 4.39. The average Bonchev–Trinajstić information content (AvgIpc) is 2.95. The van der Waals surface area contributed by atoms with E-state index in [9.17, 15) is 17.6 Å². The highest BCUT2D eigenvalue weighted by Crippen LogP contribution is 2.26. The third-order valence-corrected chi connectivity index (χ3v) is 5.95. The fourth-order valence-electron chi connectivity index (χ4n) is 2.76. The Morgan fingerprint density at radius 2 is 1.84 bits per heavy atom. The Labute approximate surface area is 150 Å². The number of carbonyl (C=O) groups is 1. The summed E-state index contributed by atoms with van der Waals surface area (Å²) in [6.45, 7) is 0.493. The molecule has 1 amide bonds. The Morgan fingerprint density at radius 1 is 1.16 bits per heavy atom. The number of benzene rings is 2. The van der Waals surface area contributed by atoms with Crippen molar-refractivity contribution in [3.8, 4) is 0 Å². The van der Waals surface area contributed by atoms with Gasteiger partial charge in [0.15, 0.2) is 0 Å². The largest absolute Gasteiger partial charge is 0.312 e. The molecular formula is C17H16ClFN2O3S. The van der Waals surface area contributed by atoms with Crippen molar-refractivity contribution < 1.29 is 17.6 Å². The van der Waals surface area contributed by atoms with E-state index in [1.165, 1.54) is 41.3 Å². The van der Waals surface area contributed by atoms with Crippen LogP contribution in [0, 0.1) is 11.7 Å². The minimum atomic E-state index is -3.74. The minimum absolute atomic E-state index is 0.0105. The molecule has 0 spiro atoms. The topological polar surface area (TPSA) is 66.5 Å². The zero-order valence-electron chi connectivity index (χ0n) is 13.2. The first-order valence-corrected chi connectivity index (χ1v) is 9.53. The third-order valence-electron chi connectivity index (χ3n) is 4.03. The van der Waals surface area contributed by atoms with Crippen molar-refractivity contribution in [1.82, 2.24) is 4.72 Å². The maximum Gasteiger partial charge on any atom is 0.242 e. The first-order valence-electron chi connectivity index (χ1n) is 7.67. The van der Waals surface area contributed by atoms with Crippen LogP contribution in [0.25, 0.3) is 0 Å². The zero-order valence-corrected chi connectivity index (χ0v) is 14.7. The summed E-state index contributed by atoms with van der Waals surface area (Å²) < 4.78 is 40.2. The quantitative estimate of drug-likeness (QED) is 0.864. The van der Waals surface area contributed by atoms with Gasteiger partial charge in [-0.3, -0.25) is 4.79 Å². The van der Waals surface area contributed by atoms with Crippen molar-refractivity contribution >= 4 is 33.2 Å². The van der Waals surface area contributed by atoms with Gasteiger partial charge in [-0.1, -0.05) is 23.7 Å². The molecule has 8 heteroatoms. The summed E-state index contributed by atoms with van der Waals surface area (Å²) in [6, 6.07) is 11.8. The number of amides is 1. The monoisotopic (exact) mass is 382 g/mol. The van der Waals surface area contributed by atoms with Crippen LogP contribution in [0.1, 0.15) is 6.42 Å². The second-order valence-electron chi connectivity index (χ2n) is 5.83. The molecule has 2 aromatic carbocycles. The smallest absolute Gasteiger partial charge is 0.242 e. The number of anilines is 1. The number of sulfonamides is 1. The van der Waals surface area contributed by atoms with E-state index in [1.54, 1.807) is 12.1 Å². The summed E-state index contributed by atoms with van der Waals surface area (Å²) in [6.07, 6.45) is 0.225. The van der Waals surface area contributed by atoms with Crippen LogP contribution in [0.5, 0.6) is 0 Å². The van der Waals surface area contributed by atoms with Gasteiger partial charge < -0.3 is 4.90 Å². The van der Waals surface area contributed by atoms with Gasteiger partial charge >= 0.3 is 0 Å². The zero-order chi connectivity index (χ0) is 18.0. The second-order valence-corrected chi connectivity index (χ2v) is 7.98. The first kappa shape index (κ1) is 17.8. The van der Waals surface area contributed by atoms with E-state index in [-0.39, 0.29) is 40.5 Å². The number of nitrogens with zero attached hydrogens (tertiary/aromatic N) is 1. The molecule has 5 nitrogen and oxygen atoms in total. The van der Waals surface area contributed by atoms with Crippen molar-refractivity contribution in [2.45, 2.75) is 11.3 Å². The van der Waals surface area contributed by atoms with Crippen LogP contribution in [0.15, 0.2) is 53.4 Å². The molecule has 1 N–H and O–H groups in total. The summed E-state index contributed by atoms with van der Waals surface area (Å²) in [5, 5.41) is 0.144. The molecule has 3 rings (SSSR count). The maximum absolute atomic E-state index is 13.0. The van der Waals surface area contributed by atoms with Crippen LogP contribution < -0.4 is 9.62 Å². The number of hydrogen-bond acceptors (Lipinski definition) is 3. The highest BCUT2D eigenvalue weighted by molar-refractivity contribution is 7.89. The van der Waals surface area contributed by atoms with Gasteiger partial charge in [0.1, 0.15) is 10.7 Å². The molecule has 0 aromatic heterocycles. The van der Waals surface area contributed by atoms with Crippen LogP contribution >= 0.6 is 11.6 Å². The number of rotatable bonds is 5. The minimum Gasteiger partial charge on any atom is -0.312 e. The fraction of sp³-hybridized carbons (Fsp3) is 0.235. The van der Waals surface area contributed by atoms with Crippen molar-refractivity contribution in [2.75, 3.05) is 18.0 Å².